The molecule has 1 heterocycles. The van der Waals surface area contributed by atoms with Gasteiger partial charge in [0.1, 0.15) is 12.0 Å². The molecule has 2 rings (SSSR count). The van der Waals surface area contributed by atoms with Gasteiger partial charge in [0.15, 0.2) is 0 Å². The summed E-state index contributed by atoms with van der Waals surface area (Å²) in [6, 6.07) is 1.74. The second-order valence-electron chi connectivity index (χ2n) is 5.26. The van der Waals surface area contributed by atoms with E-state index in [1.165, 1.54) is 51.9 Å². The third kappa shape index (κ3) is 4.39. The van der Waals surface area contributed by atoms with Crippen molar-refractivity contribution in [2.45, 2.75) is 45.1 Å². The quantitative estimate of drug-likeness (QED) is 0.634. The smallest absolute Gasteiger partial charge is 0.341 e. The van der Waals surface area contributed by atoms with Crippen LogP contribution in [0.15, 0.2) is 16.7 Å². The van der Waals surface area contributed by atoms with Gasteiger partial charge in [-0.2, -0.15) is 0 Å². The second-order valence-corrected chi connectivity index (χ2v) is 5.26. The van der Waals surface area contributed by atoms with Crippen LogP contribution in [0.2, 0.25) is 0 Å². The molecular weight excluding hydrogens is 242 g/mol. The molecule has 0 bridgehead atoms. The van der Waals surface area contributed by atoms with Gasteiger partial charge in [0.05, 0.1) is 19.2 Å². The Kier molecular flexibility index (Phi) is 5.45. The van der Waals surface area contributed by atoms with Crippen molar-refractivity contribution in [1.29, 1.82) is 0 Å². The number of ether oxygens (including phenoxy) is 1. The number of hydrogen-bond acceptors (Lipinski definition) is 4. The summed E-state index contributed by atoms with van der Waals surface area (Å²) >= 11 is 0. The van der Waals surface area contributed by atoms with Gasteiger partial charge in [-0.15, -0.1) is 0 Å². The van der Waals surface area contributed by atoms with Crippen LogP contribution in [0.4, 0.5) is 0 Å². The fraction of sp³-hybridized carbons (Fsp3) is 0.667. The van der Waals surface area contributed by atoms with Gasteiger partial charge in [0.2, 0.25) is 0 Å². The number of methoxy groups -OCH3 is 1. The number of furan rings is 1. The van der Waals surface area contributed by atoms with E-state index in [-0.39, 0.29) is 5.97 Å². The predicted molar refractivity (Wildman–Crippen MR) is 72.9 cm³/mol. The first-order valence-corrected chi connectivity index (χ1v) is 7.16. The maximum Gasteiger partial charge on any atom is 0.341 e. The molecule has 19 heavy (non-hydrogen) atoms. The standard InChI is InChI=1S/C15H23NO3/c1-18-15(17)13-9-14(19-11-13)10-16-8-7-12-5-3-2-4-6-12/h9,11-12,16H,2-8,10H2,1H3. The summed E-state index contributed by atoms with van der Waals surface area (Å²) in [4.78, 5) is 11.3. The van der Waals surface area contributed by atoms with Gasteiger partial charge in [-0.3, -0.25) is 0 Å². The molecule has 1 N–H and O–H groups in total. The van der Waals surface area contributed by atoms with E-state index in [9.17, 15) is 4.79 Å². The zero-order chi connectivity index (χ0) is 13.5. The lowest BCUT2D eigenvalue weighted by molar-refractivity contribution is 0.0600. The molecular formula is C15H23NO3. The first-order chi connectivity index (χ1) is 9.29. The Labute approximate surface area is 114 Å². The number of rotatable bonds is 6. The van der Waals surface area contributed by atoms with E-state index in [1.807, 2.05) is 0 Å². The second kappa shape index (κ2) is 7.34. The maximum atomic E-state index is 11.3. The molecule has 0 amide bonds. The molecule has 0 aromatic carbocycles. The molecule has 4 nitrogen and oxygen atoms in total. The van der Waals surface area contributed by atoms with Gasteiger partial charge in [-0.25, -0.2) is 4.79 Å². The first-order valence-electron chi connectivity index (χ1n) is 7.16. The predicted octanol–water partition coefficient (Wildman–Crippen LogP) is 3.13. The van der Waals surface area contributed by atoms with E-state index in [4.69, 9.17) is 4.42 Å². The number of carbonyl (C=O) groups excluding carboxylic acids is 1. The average Bonchev–Trinajstić information content (AvgIpc) is 2.93. The fourth-order valence-corrected chi connectivity index (χ4v) is 2.69. The SMILES string of the molecule is COC(=O)c1coc(CNCCC2CCCCC2)c1. The van der Waals surface area contributed by atoms with E-state index in [0.29, 0.717) is 12.1 Å². The van der Waals surface area contributed by atoms with Gasteiger partial charge >= 0.3 is 5.97 Å². The summed E-state index contributed by atoms with van der Waals surface area (Å²) in [7, 11) is 1.37. The van der Waals surface area contributed by atoms with Crippen molar-refractivity contribution >= 4 is 5.97 Å². The van der Waals surface area contributed by atoms with E-state index < -0.39 is 0 Å². The number of carbonyl (C=O) groups is 1. The molecule has 106 valence electrons. The van der Waals surface area contributed by atoms with Crippen LogP contribution in [0.25, 0.3) is 0 Å². The van der Waals surface area contributed by atoms with Crippen LogP contribution in [-0.4, -0.2) is 19.6 Å². The van der Waals surface area contributed by atoms with E-state index >= 15 is 0 Å². The third-order valence-electron chi connectivity index (χ3n) is 3.83. The molecule has 1 fully saturated rings. The minimum atomic E-state index is -0.350. The highest BCUT2D eigenvalue weighted by Gasteiger charge is 2.13. The largest absolute Gasteiger partial charge is 0.467 e. The summed E-state index contributed by atoms with van der Waals surface area (Å²) < 4.78 is 9.95. The lowest BCUT2D eigenvalue weighted by atomic mass is 9.87. The normalized spacial score (nSPS) is 16.5. The molecule has 0 atom stereocenters. The molecule has 0 saturated heterocycles. The monoisotopic (exact) mass is 265 g/mol. The van der Waals surface area contributed by atoms with E-state index in [2.05, 4.69) is 10.1 Å². The topological polar surface area (TPSA) is 51.5 Å². The first kappa shape index (κ1) is 14.1. The zero-order valence-corrected chi connectivity index (χ0v) is 11.6. The molecule has 4 heteroatoms. The molecule has 1 saturated carbocycles. The highest BCUT2D eigenvalue weighted by Crippen LogP contribution is 2.25. The lowest BCUT2D eigenvalue weighted by Crippen LogP contribution is -2.18. The third-order valence-corrected chi connectivity index (χ3v) is 3.83. The summed E-state index contributed by atoms with van der Waals surface area (Å²) in [5.74, 6) is 1.32. The number of nitrogens with one attached hydrogen (secondary N) is 1. The van der Waals surface area contributed by atoms with Gasteiger partial charge < -0.3 is 14.5 Å². The van der Waals surface area contributed by atoms with Crippen LogP contribution in [0, 0.1) is 5.92 Å². The highest BCUT2D eigenvalue weighted by molar-refractivity contribution is 5.88. The van der Waals surface area contributed by atoms with Crippen LogP contribution < -0.4 is 5.32 Å². The van der Waals surface area contributed by atoms with Crippen molar-refractivity contribution in [3.63, 3.8) is 0 Å². The highest BCUT2D eigenvalue weighted by atomic mass is 16.5. The number of esters is 1. The summed E-state index contributed by atoms with van der Waals surface area (Å²) in [5, 5.41) is 3.37. The van der Waals surface area contributed by atoms with E-state index in [0.717, 1.165) is 18.2 Å². The lowest BCUT2D eigenvalue weighted by Gasteiger charge is -2.21. The molecule has 0 spiro atoms. The van der Waals surface area contributed by atoms with Gasteiger partial charge in [0, 0.05) is 0 Å². The van der Waals surface area contributed by atoms with Crippen molar-refractivity contribution in [2.75, 3.05) is 13.7 Å². The van der Waals surface area contributed by atoms with Gasteiger partial charge in [-0.1, -0.05) is 32.1 Å². The molecule has 0 unspecified atom stereocenters. The minimum absolute atomic E-state index is 0.350. The van der Waals surface area contributed by atoms with Crippen molar-refractivity contribution in [2.24, 2.45) is 5.92 Å². The van der Waals surface area contributed by atoms with Crippen LogP contribution >= 0.6 is 0 Å². The molecule has 0 aliphatic heterocycles. The maximum absolute atomic E-state index is 11.3. The minimum Gasteiger partial charge on any atom is -0.467 e. The Bertz CT molecular complexity index is 394. The Hall–Kier alpha value is -1.29. The van der Waals surface area contributed by atoms with Crippen molar-refractivity contribution < 1.29 is 13.9 Å². The Morgan fingerprint density at radius 3 is 2.95 bits per heavy atom. The fourth-order valence-electron chi connectivity index (χ4n) is 2.69. The molecule has 1 aliphatic rings. The van der Waals surface area contributed by atoms with Crippen molar-refractivity contribution in [1.82, 2.24) is 5.32 Å². The van der Waals surface area contributed by atoms with Crippen LogP contribution in [-0.2, 0) is 11.3 Å². The van der Waals surface area contributed by atoms with Crippen LogP contribution in [0.5, 0.6) is 0 Å². The average molecular weight is 265 g/mol. The van der Waals surface area contributed by atoms with Gasteiger partial charge in [0.25, 0.3) is 0 Å². The van der Waals surface area contributed by atoms with Crippen LogP contribution in [0.1, 0.15) is 54.6 Å². The van der Waals surface area contributed by atoms with Crippen LogP contribution in [0.3, 0.4) is 0 Å². The molecule has 1 aromatic rings. The molecule has 1 aromatic heterocycles. The van der Waals surface area contributed by atoms with Gasteiger partial charge in [-0.05, 0) is 24.9 Å². The summed E-state index contributed by atoms with van der Waals surface area (Å²) in [6.07, 6.45) is 9.65. The zero-order valence-electron chi connectivity index (χ0n) is 11.6. The van der Waals surface area contributed by atoms with Crippen molar-refractivity contribution in [3.8, 4) is 0 Å². The summed E-state index contributed by atoms with van der Waals surface area (Å²) in [6.45, 7) is 1.68. The number of hydrogen-bond donors (Lipinski definition) is 1. The Balaban J connectivity index is 1.65. The van der Waals surface area contributed by atoms with E-state index in [1.54, 1.807) is 6.07 Å². The summed E-state index contributed by atoms with van der Waals surface area (Å²) in [5.41, 5.74) is 0.478. The molecule has 0 radical (unpaired) electrons. The van der Waals surface area contributed by atoms with Crippen molar-refractivity contribution in [3.05, 3.63) is 23.7 Å². The Morgan fingerprint density at radius 2 is 2.21 bits per heavy atom. The molecule has 1 aliphatic carbocycles. The Morgan fingerprint density at radius 1 is 1.42 bits per heavy atom.